The van der Waals surface area contributed by atoms with Crippen molar-refractivity contribution in [3.05, 3.63) is 54.0 Å². The minimum Gasteiger partial charge on any atom is -0.497 e. The quantitative estimate of drug-likeness (QED) is 0.557. The molecule has 1 aromatic heterocycles. The molecule has 0 saturated heterocycles. The molecule has 0 saturated carbocycles. The van der Waals surface area contributed by atoms with Crippen LogP contribution < -0.4 is 20.9 Å². The van der Waals surface area contributed by atoms with Gasteiger partial charge in [0.2, 0.25) is 0 Å². The Morgan fingerprint density at radius 1 is 1.04 bits per heavy atom. The molecule has 3 N–H and O–H groups in total. The first kappa shape index (κ1) is 16.1. The van der Waals surface area contributed by atoms with Crippen molar-refractivity contribution in [3.8, 4) is 5.75 Å². The van der Waals surface area contributed by atoms with Gasteiger partial charge in [-0.05, 0) is 36.4 Å². The largest absolute Gasteiger partial charge is 0.497 e. The van der Waals surface area contributed by atoms with Crippen LogP contribution in [0.3, 0.4) is 0 Å². The van der Waals surface area contributed by atoms with Crippen LogP contribution in [0.15, 0.2) is 47.1 Å². The minimum atomic E-state index is -0.988. The number of hydrogen-bond acceptors (Lipinski definition) is 5. The highest BCUT2D eigenvalue weighted by molar-refractivity contribution is 6.35. The van der Waals surface area contributed by atoms with Crippen molar-refractivity contribution in [2.24, 2.45) is 0 Å². The van der Waals surface area contributed by atoms with Crippen LogP contribution in [0.2, 0.25) is 0 Å². The molecule has 3 amide bonds. The van der Waals surface area contributed by atoms with Gasteiger partial charge in [0.1, 0.15) is 11.5 Å². The molecule has 0 atom stereocenters. The van der Waals surface area contributed by atoms with E-state index in [-0.39, 0.29) is 6.54 Å². The fourth-order valence-corrected chi connectivity index (χ4v) is 1.65. The number of amides is 3. The van der Waals surface area contributed by atoms with E-state index < -0.39 is 17.7 Å². The Morgan fingerprint density at radius 3 is 2.39 bits per heavy atom. The predicted octanol–water partition coefficient (Wildman–Crippen LogP) is 0.366. The molecule has 0 fully saturated rings. The van der Waals surface area contributed by atoms with Gasteiger partial charge in [-0.1, -0.05) is 0 Å². The first-order valence-corrected chi connectivity index (χ1v) is 6.65. The predicted molar refractivity (Wildman–Crippen MR) is 79.2 cm³/mol. The van der Waals surface area contributed by atoms with E-state index in [9.17, 15) is 14.4 Å². The van der Waals surface area contributed by atoms with Gasteiger partial charge in [-0.3, -0.25) is 25.2 Å². The lowest BCUT2D eigenvalue weighted by molar-refractivity contribution is -0.139. The van der Waals surface area contributed by atoms with Crippen LogP contribution in [0.5, 0.6) is 5.75 Å². The summed E-state index contributed by atoms with van der Waals surface area (Å²) >= 11 is 0. The van der Waals surface area contributed by atoms with E-state index in [1.807, 2.05) is 5.43 Å². The van der Waals surface area contributed by atoms with Crippen molar-refractivity contribution >= 4 is 17.7 Å². The maximum Gasteiger partial charge on any atom is 0.327 e. The van der Waals surface area contributed by atoms with Crippen molar-refractivity contribution in [2.45, 2.75) is 6.54 Å². The van der Waals surface area contributed by atoms with Crippen molar-refractivity contribution in [3.63, 3.8) is 0 Å². The zero-order valence-corrected chi connectivity index (χ0v) is 12.3. The molecule has 1 heterocycles. The van der Waals surface area contributed by atoms with Gasteiger partial charge in [0.15, 0.2) is 0 Å². The number of carbonyl (C=O) groups is 3. The molecule has 23 heavy (non-hydrogen) atoms. The second-order valence-corrected chi connectivity index (χ2v) is 4.40. The topological polar surface area (TPSA) is 110 Å². The molecule has 0 aliphatic carbocycles. The van der Waals surface area contributed by atoms with E-state index in [4.69, 9.17) is 9.15 Å². The normalized spacial score (nSPS) is 9.78. The number of hydrazine groups is 1. The molecule has 0 spiro atoms. The summed E-state index contributed by atoms with van der Waals surface area (Å²) in [4.78, 5) is 34.9. The van der Waals surface area contributed by atoms with Gasteiger partial charge in [0.05, 0.1) is 19.9 Å². The summed E-state index contributed by atoms with van der Waals surface area (Å²) in [6.07, 6.45) is 1.45. The standard InChI is InChI=1S/C15H15N3O5/c1-22-11-6-4-10(5-7-11)13(19)17-18-15(21)14(20)16-9-12-3-2-8-23-12/h2-8H,9H2,1H3,(H,16,20)(H,17,19)(H,18,21). The second kappa shape index (κ2) is 7.64. The molecule has 120 valence electrons. The summed E-state index contributed by atoms with van der Waals surface area (Å²) in [5.41, 5.74) is 4.48. The average Bonchev–Trinajstić information content (AvgIpc) is 3.10. The molecule has 0 aliphatic rings. The van der Waals surface area contributed by atoms with E-state index in [0.29, 0.717) is 17.1 Å². The van der Waals surface area contributed by atoms with Gasteiger partial charge in [-0.15, -0.1) is 0 Å². The molecule has 2 aromatic rings. The van der Waals surface area contributed by atoms with Crippen molar-refractivity contribution in [2.75, 3.05) is 7.11 Å². The molecular weight excluding hydrogens is 302 g/mol. The van der Waals surface area contributed by atoms with E-state index in [2.05, 4.69) is 10.7 Å². The van der Waals surface area contributed by atoms with Crippen LogP contribution in [-0.2, 0) is 16.1 Å². The molecule has 0 aliphatic heterocycles. The number of benzene rings is 1. The third-order valence-corrected chi connectivity index (χ3v) is 2.85. The first-order chi connectivity index (χ1) is 11.1. The Kier molecular flexibility index (Phi) is 5.35. The summed E-state index contributed by atoms with van der Waals surface area (Å²) in [6.45, 7) is 0.0751. The summed E-state index contributed by atoms with van der Waals surface area (Å²) in [7, 11) is 1.51. The maximum absolute atomic E-state index is 11.8. The number of nitrogens with one attached hydrogen (secondary N) is 3. The fraction of sp³-hybridized carbons (Fsp3) is 0.133. The number of hydrogen-bond donors (Lipinski definition) is 3. The van der Waals surface area contributed by atoms with Crippen molar-refractivity contribution in [1.29, 1.82) is 0 Å². The SMILES string of the molecule is COc1ccc(C(=O)NNC(=O)C(=O)NCc2ccco2)cc1. The summed E-state index contributed by atoms with van der Waals surface area (Å²) in [5.74, 6) is -1.33. The third kappa shape index (κ3) is 4.60. The molecule has 8 heteroatoms. The van der Waals surface area contributed by atoms with E-state index >= 15 is 0 Å². The molecular formula is C15H15N3O5. The maximum atomic E-state index is 11.8. The Hall–Kier alpha value is -3.29. The highest BCUT2D eigenvalue weighted by atomic mass is 16.5. The lowest BCUT2D eigenvalue weighted by Gasteiger charge is -2.08. The van der Waals surface area contributed by atoms with E-state index in [0.717, 1.165) is 0 Å². The van der Waals surface area contributed by atoms with Crippen molar-refractivity contribution < 1.29 is 23.5 Å². The number of furan rings is 1. The van der Waals surface area contributed by atoms with Gasteiger partial charge in [-0.2, -0.15) is 0 Å². The monoisotopic (exact) mass is 317 g/mol. The van der Waals surface area contributed by atoms with E-state index in [1.165, 1.54) is 25.5 Å². The molecule has 2 rings (SSSR count). The summed E-state index contributed by atoms with van der Waals surface area (Å²) in [6, 6.07) is 9.58. The number of carbonyl (C=O) groups excluding carboxylic acids is 3. The fourth-order valence-electron chi connectivity index (χ4n) is 1.65. The van der Waals surface area contributed by atoms with Crippen LogP contribution in [0.1, 0.15) is 16.1 Å². The smallest absolute Gasteiger partial charge is 0.327 e. The number of ether oxygens (including phenoxy) is 1. The zero-order valence-electron chi connectivity index (χ0n) is 12.3. The Balaban J connectivity index is 1.78. The third-order valence-electron chi connectivity index (χ3n) is 2.85. The summed E-state index contributed by atoms with van der Waals surface area (Å²) in [5, 5.41) is 2.35. The van der Waals surface area contributed by atoms with Crippen LogP contribution in [0, 0.1) is 0 Å². The lowest BCUT2D eigenvalue weighted by atomic mass is 10.2. The van der Waals surface area contributed by atoms with Crippen LogP contribution in [-0.4, -0.2) is 24.8 Å². The first-order valence-electron chi connectivity index (χ1n) is 6.65. The van der Waals surface area contributed by atoms with Gasteiger partial charge in [0.25, 0.3) is 5.91 Å². The minimum absolute atomic E-state index is 0.0751. The Bertz CT molecular complexity index is 680. The lowest BCUT2D eigenvalue weighted by Crippen LogP contribution is -2.48. The Labute approximate surface area is 131 Å². The Morgan fingerprint density at radius 2 is 1.78 bits per heavy atom. The van der Waals surface area contributed by atoms with Gasteiger partial charge in [-0.25, -0.2) is 0 Å². The van der Waals surface area contributed by atoms with Crippen LogP contribution >= 0.6 is 0 Å². The molecule has 1 aromatic carbocycles. The molecule has 8 nitrogen and oxygen atoms in total. The molecule has 0 unspecified atom stereocenters. The molecule has 0 bridgehead atoms. The van der Waals surface area contributed by atoms with Gasteiger partial charge < -0.3 is 14.5 Å². The highest BCUT2D eigenvalue weighted by Crippen LogP contribution is 2.10. The van der Waals surface area contributed by atoms with Gasteiger partial charge in [0, 0.05) is 5.56 Å². The summed E-state index contributed by atoms with van der Waals surface area (Å²) < 4.78 is 9.99. The highest BCUT2D eigenvalue weighted by Gasteiger charge is 2.15. The van der Waals surface area contributed by atoms with Gasteiger partial charge >= 0.3 is 11.8 Å². The zero-order chi connectivity index (χ0) is 16.7. The molecule has 0 radical (unpaired) electrons. The number of methoxy groups -OCH3 is 1. The van der Waals surface area contributed by atoms with Crippen molar-refractivity contribution in [1.82, 2.24) is 16.2 Å². The second-order valence-electron chi connectivity index (χ2n) is 4.40. The van der Waals surface area contributed by atoms with Crippen LogP contribution in [0.25, 0.3) is 0 Å². The van der Waals surface area contributed by atoms with E-state index in [1.54, 1.807) is 24.3 Å². The number of rotatable bonds is 4. The average molecular weight is 317 g/mol. The van der Waals surface area contributed by atoms with Crippen LogP contribution in [0.4, 0.5) is 0 Å².